The Kier molecular flexibility index (Phi) is 1.30. The van der Waals surface area contributed by atoms with Crippen molar-refractivity contribution in [2.24, 2.45) is 11.5 Å². The Labute approximate surface area is 43.9 Å². The van der Waals surface area contributed by atoms with Crippen molar-refractivity contribution in [2.75, 3.05) is 0 Å². The van der Waals surface area contributed by atoms with Crippen LogP contribution in [-0.2, 0) is 0 Å². The van der Waals surface area contributed by atoms with Crippen LogP contribution in [0.4, 0.5) is 0 Å². The third-order valence-corrected chi connectivity index (χ3v) is 1.51. The molecule has 0 heterocycles. The monoisotopic (exact) mass is 100 g/mol. The minimum Gasteiger partial charge on any atom is -0.328 e. The molecule has 2 unspecified atom stereocenters. The van der Waals surface area contributed by atoms with Crippen LogP contribution < -0.4 is 11.5 Å². The average Bonchev–Trinajstić information content (AvgIpc) is 1.87. The first kappa shape index (κ1) is 5.06. The summed E-state index contributed by atoms with van der Waals surface area (Å²) in [6.07, 6.45) is 3.28. The highest BCUT2D eigenvalue weighted by Crippen LogP contribution is 2.13. The Morgan fingerprint density at radius 2 is 1.43 bits per heavy atom. The van der Waals surface area contributed by atoms with Gasteiger partial charge >= 0.3 is 0 Å². The van der Waals surface area contributed by atoms with Crippen molar-refractivity contribution in [1.29, 1.82) is 0 Å². The second-order valence-corrected chi connectivity index (χ2v) is 2.33. The molecule has 0 radical (unpaired) electrons. The molecule has 1 aliphatic rings. The van der Waals surface area contributed by atoms with Gasteiger partial charge in [-0.25, -0.2) is 0 Å². The van der Waals surface area contributed by atoms with Gasteiger partial charge in [-0.05, 0) is 19.3 Å². The molecule has 0 aromatic rings. The molecule has 7 heavy (non-hydrogen) atoms. The maximum atomic E-state index is 5.55. The first-order valence-corrected chi connectivity index (χ1v) is 2.80. The molecule has 1 rings (SSSR count). The van der Waals surface area contributed by atoms with Gasteiger partial charge in [-0.2, -0.15) is 0 Å². The van der Waals surface area contributed by atoms with Gasteiger partial charge in [0.2, 0.25) is 0 Å². The zero-order valence-corrected chi connectivity index (χ0v) is 4.43. The third-order valence-electron chi connectivity index (χ3n) is 1.51. The number of nitrogens with two attached hydrogens (primary N) is 2. The first-order chi connectivity index (χ1) is 3.29. The van der Waals surface area contributed by atoms with Crippen molar-refractivity contribution in [3.63, 3.8) is 0 Å². The van der Waals surface area contributed by atoms with Gasteiger partial charge < -0.3 is 11.5 Å². The Bertz CT molecular complexity index is 55.1. The molecule has 2 atom stereocenters. The summed E-state index contributed by atoms with van der Waals surface area (Å²) in [6, 6.07) is 0.796. The Morgan fingerprint density at radius 1 is 1.00 bits per heavy atom. The predicted octanol–water partition coefficient (Wildman–Crippen LogP) is -0.175. The summed E-state index contributed by atoms with van der Waals surface area (Å²) in [7, 11) is 0. The summed E-state index contributed by atoms with van der Waals surface area (Å²) in [6.45, 7) is 0. The van der Waals surface area contributed by atoms with E-state index in [9.17, 15) is 0 Å². The van der Waals surface area contributed by atoms with Gasteiger partial charge in [0.25, 0.3) is 0 Å². The summed E-state index contributed by atoms with van der Waals surface area (Å²) in [5.41, 5.74) is 11.1. The van der Waals surface area contributed by atoms with Gasteiger partial charge in [0.1, 0.15) is 0 Å². The minimum atomic E-state index is 0.398. The molecule has 1 saturated carbocycles. The molecule has 0 aromatic heterocycles. The minimum absolute atomic E-state index is 0.398. The third kappa shape index (κ3) is 1.14. The van der Waals surface area contributed by atoms with E-state index >= 15 is 0 Å². The molecule has 4 N–H and O–H groups in total. The van der Waals surface area contributed by atoms with Crippen LogP contribution in [0.3, 0.4) is 0 Å². The normalized spacial score (nSPS) is 42.0. The molecular weight excluding hydrogens is 88.1 g/mol. The van der Waals surface area contributed by atoms with E-state index in [1.807, 2.05) is 0 Å². The van der Waals surface area contributed by atoms with Gasteiger partial charge in [0.15, 0.2) is 0 Å². The molecule has 1 aliphatic carbocycles. The maximum absolute atomic E-state index is 5.55. The Morgan fingerprint density at radius 3 is 1.57 bits per heavy atom. The fourth-order valence-corrected chi connectivity index (χ4v) is 1.05. The quantitative estimate of drug-likeness (QED) is 0.444. The molecule has 2 nitrogen and oxygen atoms in total. The van der Waals surface area contributed by atoms with Gasteiger partial charge in [0.05, 0.1) is 0 Å². The van der Waals surface area contributed by atoms with Crippen LogP contribution in [-0.4, -0.2) is 12.1 Å². The number of hydrogen-bond acceptors (Lipinski definition) is 2. The van der Waals surface area contributed by atoms with E-state index in [1.165, 1.54) is 0 Å². The van der Waals surface area contributed by atoms with Crippen LogP contribution in [0.1, 0.15) is 19.3 Å². The van der Waals surface area contributed by atoms with E-state index in [4.69, 9.17) is 11.5 Å². The van der Waals surface area contributed by atoms with Crippen molar-refractivity contribution in [1.82, 2.24) is 0 Å². The van der Waals surface area contributed by atoms with Crippen LogP contribution in [0, 0.1) is 0 Å². The van der Waals surface area contributed by atoms with E-state index in [2.05, 4.69) is 0 Å². The smallest absolute Gasteiger partial charge is 0.00541 e. The number of rotatable bonds is 0. The summed E-state index contributed by atoms with van der Waals surface area (Å²) < 4.78 is 0. The summed E-state index contributed by atoms with van der Waals surface area (Å²) >= 11 is 0. The Balaban J connectivity index is 2.26. The molecular formula is C5H12N2. The molecule has 2 heteroatoms. The molecule has 0 spiro atoms. The topological polar surface area (TPSA) is 52.0 Å². The second-order valence-electron chi connectivity index (χ2n) is 2.33. The lowest BCUT2D eigenvalue weighted by Gasteiger charge is -1.97. The zero-order valence-electron chi connectivity index (χ0n) is 4.43. The molecule has 0 aromatic carbocycles. The summed E-state index contributed by atoms with van der Waals surface area (Å²) in [5.74, 6) is 0. The SMILES string of the molecule is NC1CCC(N)C1. The van der Waals surface area contributed by atoms with Crippen molar-refractivity contribution < 1.29 is 0 Å². The largest absolute Gasteiger partial charge is 0.328 e. The zero-order chi connectivity index (χ0) is 5.28. The van der Waals surface area contributed by atoms with Crippen molar-refractivity contribution in [2.45, 2.75) is 31.3 Å². The molecule has 1 fully saturated rings. The lowest BCUT2D eigenvalue weighted by atomic mass is 10.2. The van der Waals surface area contributed by atoms with Crippen LogP contribution in [0.5, 0.6) is 0 Å². The van der Waals surface area contributed by atoms with Gasteiger partial charge in [-0.3, -0.25) is 0 Å². The average molecular weight is 100 g/mol. The fourth-order valence-electron chi connectivity index (χ4n) is 1.05. The highest BCUT2D eigenvalue weighted by molar-refractivity contribution is 4.79. The van der Waals surface area contributed by atoms with Crippen molar-refractivity contribution in [3.05, 3.63) is 0 Å². The van der Waals surface area contributed by atoms with Crippen LogP contribution in [0.15, 0.2) is 0 Å². The van der Waals surface area contributed by atoms with Gasteiger partial charge in [-0.1, -0.05) is 0 Å². The lowest BCUT2D eigenvalue weighted by Crippen LogP contribution is -2.20. The lowest BCUT2D eigenvalue weighted by molar-refractivity contribution is 0.666. The van der Waals surface area contributed by atoms with E-state index in [0.717, 1.165) is 19.3 Å². The maximum Gasteiger partial charge on any atom is 0.00541 e. The highest BCUT2D eigenvalue weighted by Gasteiger charge is 2.16. The first-order valence-electron chi connectivity index (χ1n) is 2.80. The van der Waals surface area contributed by atoms with E-state index in [0.29, 0.717) is 12.1 Å². The second kappa shape index (κ2) is 1.80. The molecule has 0 amide bonds. The molecule has 0 bridgehead atoms. The van der Waals surface area contributed by atoms with Gasteiger partial charge in [0, 0.05) is 12.1 Å². The summed E-state index contributed by atoms with van der Waals surface area (Å²) in [5, 5.41) is 0. The Hall–Kier alpha value is -0.0800. The van der Waals surface area contributed by atoms with Crippen LogP contribution in [0.25, 0.3) is 0 Å². The summed E-state index contributed by atoms with van der Waals surface area (Å²) in [4.78, 5) is 0. The van der Waals surface area contributed by atoms with Crippen molar-refractivity contribution >= 4 is 0 Å². The van der Waals surface area contributed by atoms with E-state index in [1.54, 1.807) is 0 Å². The molecule has 0 saturated heterocycles. The predicted molar refractivity (Wildman–Crippen MR) is 29.8 cm³/mol. The standard InChI is InChI=1S/C5H12N2/c6-4-1-2-5(7)3-4/h4-5H,1-3,6-7H2. The van der Waals surface area contributed by atoms with Gasteiger partial charge in [-0.15, -0.1) is 0 Å². The fraction of sp³-hybridized carbons (Fsp3) is 1.00. The molecule has 0 aliphatic heterocycles. The molecule has 42 valence electrons. The van der Waals surface area contributed by atoms with Crippen LogP contribution >= 0.6 is 0 Å². The van der Waals surface area contributed by atoms with Crippen molar-refractivity contribution in [3.8, 4) is 0 Å². The van der Waals surface area contributed by atoms with E-state index in [-0.39, 0.29) is 0 Å². The van der Waals surface area contributed by atoms with Crippen LogP contribution in [0.2, 0.25) is 0 Å². The van der Waals surface area contributed by atoms with E-state index < -0.39 is 0 Å². The highest BCUT2D eigenvalue weighted by atomic mass is 14.7. The number of hydrogen-bond donors (Lipinski definition) is 2.